The normalized spacial score (nSPS) is 20.0. The van der Waals surface area contributed by atoms with Gasteiger partial charge >= 0.3 is 0 Å². The van der Waals surface area contributed by atoms with E-state index in [4.69, 9.17) is 20.7 Å². The van der Waals surface area contributed by atoms with Gasteiger partial charge in [0, 0.05) is 25.6 Å². The van der Waals surface area contributed by atoms with Crippen molar-refractivity contribution >= 4 is 28.5 Å². The number of piperidine rings is 1. The summed E-state index contributed by atoms with van der Waals surface area (Å²) in [5.41, 5.74) is 10.5. The van der Waals surface area contributed by atoms with Crippen molar-refractivity contribution in [1.82, 2.24) is 40.3 Å². The minimum absolute atomic E-state index is 0.218. The van der Waals surface area contributed by atoms with Gasteiger partial charge in [0.05, 0.1) is 17.6 Å². The molecule has 0 amide bonds. The number of rotatable bonds is 4. The zero-order valence-electron chi connectivity index (χ0n) is 19.5. The molecule has 0 saturated carbocycles. The van der Waals surface area contributed by atoms with Gasteiger partial charge in [0.25, 0.3) is 0 Å². The molecule has 34 heavy (non-hydrogen) atoms. The molecule has 0 aliphatic carbocycles. The summed E-state index contributed by atoms with van der Waals surface area (Å²) in [5.74, 6) is 2.66. The highest BCUT2D eigenvalue weighted by Gasteiger charge is 2.31. The van der Waals surface area contributed by atoms with Gasteiger partial charge in [0.15, 0.2) is 22.8 Å². The fraction of sp³-hybridized carbons (Fsp3) is 0.478. The van der Waals surface area contributed by atoms with Crippen molar-refractivity contribution in [1.29, 1.82) is 0 Å². The molecule has 0 unspecified atom stereocenters. The van der Waals surface area contributed by atoms with E-state index < -0.39 is 0 Å². The van der Waals surface area contributed by atoms with Crippen LogP contribution in [0.4, 0.5) is 17.3 Å². The summed E-state index contributed by atoms with van der Waals surface area (Å²) in [6, 6.07) is 4.05. The predicted octanol–water partition coefficient (Wildman–Crippen LogP) is 2.74. The lowest BCUT2D eigenvalue weighted by atomic mass is 9.80. The third-order valence-electron chi connectivity index (χ3n) is 7.39. The molecular weight excluding hydrogens is 430 g/mol. The van der Waals surface area contributed by atoms with Crippen molar-refractivity contribution in [2.24, 2.45) is 11.1 Å². The minimum atomic E-state index is 0.218. The van der Waals surface area contributed by atoms with Crippen LogP contribution in [0.5, 0.6) is 0 Å². The first kappa shape index (κ1) is 21.0. The molecule has 2 aliphatic rings. The van der Waals surface area contributed by atoms with Crippen molar-refractivity contribution in [3.05, 3.63) is 30.4 Å². The van der Waals surface area contributed by atoms with Crippen LogP contribution in [-0.2, 0) is 0 Å². The van der Waals surface area contributed by atoms with E-state index in [1.54, 1.807) is 0 Å². The van der Waals surface area contributed by atoms with E-state index in [1.165, 1.54) is 6.33 Å². The zero-order valence-corrected chi connectivity index (χ0v) is 19.5. The average molecular weight is 460 g/mol. The SMILES string of the molecule is C[C@@H]1CCN(c2n[nH]c3nc(N4CCC(C)(CN)CC4)cnc23)c2ccc(-c3ncn[nH]3)nc21. The Hall–Kier alpha value is -3.60. The van der Waals surface area contributed by atoms with Gasteiger partial charge in [-0.05, 0) is 43.4 Å². The maximum Gasteiger partial charge on any atom is 0.183 e. The van der Waals surface area contributed by atoms with E-state index in [-0.39, 0.29) is 5.41 Å². The summed E-state index contributed by atoms with van der Waals surface area (Å²) in [4.78, 5) is 23.3. The second kappa shape index (κ2) is 8.01. The van der Waals surface area contributed by atoms with Crippen LogP contribution in [0.25, 0.3) is 22.7 Å². The summed E-state index contributed by atoms with van der Waals surface area (Å²) in [6.07, 6.45) is 6.45. The molecule has 0 bridgehead atoms. The summed E-state index contributed by atoms with van der Waals surface area (Å²) >= 11 is 0. The van der Waals surface area contributed by atoms with E-state index in [0.717, 1.165) is 79.7 Å². The Labute approximate surface area is 197 Å². The third kappa shape index (κ3) is 3.47. The highest BCUT2D eigenvalue weighted by molar-refractivity contribution is 5.87. The van der Waals surface area contributed by atoms with Crippen LogP contribution >= 0.6 is 0 Å². The Morgan fingerprint density at radius 1 is 1.12 bits per heavy atom. The smallest absolute Gasteiger partial charge is 0.183 e. The number of aromatic nitrogens is 8. The van der Waals surface area contributed by atoms with Gasteiger partial charge in [-0.1, -0.05) is 13.8 Å². The van der Waals surface area contributed by atoms with Crippen molar-refractivity contribution < 1.29 is 0 Å². The van der Waals surface area contributed by atoms with Crippen LogP contribution in [0.2, 0.25) is 0 Å². The number of pyridine rings is 1. The molecule has 1 atom stereocenters. The molecule has 2 aliphatic heterocycles. The number of nitrogens with zero attached hydrogens (tertiary/aromatic N) is 8. The van der Waals surface area contributed by atoms with Gasteiger partial charge in [-0.15, -0.1) is 0 Å². The van der Waals surface area contributed by atoms with Crippen molar-refractivity contribution in [3.63, 3.8) is 0 Å². The molecule has 0 aromatic carbocycles. The first-order valence-corrected chi connectivity index (χ1v) is 11.8. The van der Waals surface area contributed by atoms with E-state index in [0.29, 0.717) is 17.4 Å². The summed E-state index contributed by atoms with van der Waals surface area (Å²) < 4.78 is 0. The molecule has 11 nitrogen and oxygen atoms in total. The second-order valence-corrected chi connectivity index (χ2v) is 9.75. The second-order valence-electron chi connectivity index (χ2n) is 9.75. The van der Waals surface area contributed by atoms with E-state index >= 15 is 0 Å². The van der Waals surface area contributed by atoms with Gasteiger partial charge in [-0.25, -0.2) is 19.9 Å². The lowest BCUT2D eigenvalue weighted by molar-refractivity contribution is 0.258. The molecule has 1 saturated heterocycles. The average Bonchev–Trinajstić information content (AvgIpc) is 3.55. The number of aromatic amines is 2. The summed E-state index contributed by atoms with van der Waals surface area (Å²) in [5, 5.41) is 14.6. The lowest BCUT2D eigenvalue weighted by Crippen LogP contribution is -2.42. The van der Waals surface area contributed by atoms with Crippen molar-refractivity contribution in [2.45, 2.75) is 39.0 Å². The number of nitrogens with one attached hydrogen (secondary N) is 2. The van der Waals surface area contributed by atoms with E-state index in [2.05, 4.69) is 55.1 Å². The molecule has 11 heteroatoms. The van der Waals surface area contributed by atoms with Crippen LogP contribution in [0.15, 0.2) is 24.7 Å². The van der Waals surface area contributed by atoms with Crippen LogP contribution in [0.1, 0.15) is 44.7 Å². The van der Waals surface area contributed by atoms with Gasteiger partial charge in [-0.2, -0.15) is 10.2 Å². The summed E-state index contributed by atoms with van der Waals surface area (Å²) in [7, 11) is 0. The first-order valence-electron chi connectivity index (χ1n) is 11.8. The molecule has 4 N–H and O–H groups in total. The monoisotopic (exact) mass is 459 g/mol. The zero-order chi connectivity index (χ0) is 23.3. The minimum Gasteiger partial charge on any atom is -0.355 e. The molecule has 1 fully saturated rings. The molecule has 4 aromatic rings. The fourth-order valence-corrected chi connectivity index (χ4v) is 4.92. The molecule has 176 valence electrons. The Bertz CT molecular complexity index is 1300. The topological polar surface area (TPSA) is 141 Å². The molecule has 6 heterocycles. The van der Waals surface area contributed by atoms with Gasteiger partial charge in [0.2, 0.25) is 0 Å². The van der Waals surface area contributed by atoms with Crippen LogP contribution in [-0.4, -0.2) is 66.5 Å². The molecular formula is C23H29N11. The lowest BCUT2D eigenvalue weighted by Gasteiger charge is -2.39. The molecule has 0 spiro atoms. The number of hydrogen-bond donors (Lipinski definition) is 3. The van der Waals surface area contributed by atoms with Gasteiger partial charge < -0.3 is 15.5 Å². The Morgan fingerprint density at radius 3 is 2.74 bits per heavy atom. The van der Waals surface area contributed by atoms with Gasteiger partial charge in [-0.3, -0.25) is 10.2 Å². The maximum absolute atomic E-state index is 5.97. The van der Waals surface area contributed by atoms with Crippen LogP contribution < -0.4 is 15.5 Å². The summed E-state index contributed by atoms with van der Waals surface area (Å²) in [6.45, 7) is 7.90. The first-order chi connectivity index (χ1) is 16.5. The quantitative estimate of drug-likeness (QED) is 0.420. The number of fused-ring (bicyclic) bond motifs is 2. The number of nitrogens with two attached hydrogens (primary N) is 1. The largest absolute Gasteiger partial charge is 0.355 e. The predicted molar refractivity (Wildman–Crippen MR) is 130 cm³/mol. The van der Waals surface area contributed by atoms with Crippen LogP contribution in [0, 0.1) is 5.41 Å². The Kier molecular flexibility index (Phi) is 4.94. The Morgan fingerprint density at radius 2 is 1.97 bits per heavy atom. The fourth-order valence-electron chi connectivity index (χ4n) is 4.92. The molecule has 6 rings (SSSR count). The standard InChI is InChI=1S/C23H29N11/c1-14-5-8-34(16-4-3-15(28-18(14)16)20-26-13-27-30-20)22-19-21(31-32-22)29-17(11-25-19)33-9-6-23(2,12-24)7-10-33/h3-4,11,13-14H,5-10,12,24H2,1-2H3,(H,26,27,30)(H,29,31,32)/t14-/m1/s1. The highest BCUT2D eigenvalue weighted by atomic mass is 15.3. The number of anilines is 3. The molecule has 0 radical (unpaired) electrons. The number of hydrogen-bond acceptors (Lipinski definition) is 9. The highest BCUT2D eigenvalue weighted by Crippen LogP contribution is 2.40. The molecule has 4 aromatic heterocycles. The van der Waals surface area contributed by atoms with Crippen molar-refractivity contribution in [3.8, 4) is 11.5 Å². The van der Waals surface area contributed by atoms with Gasteiger partial charge in [0.1, 0.15) is 17.8 Å². The van der Waals surface area contributed by atoms with Crippen LogP contribution in [0.3, 0.4) is 0 Å². The van der Waals surface area contributed by atoms with Crippen molar-refractivity contribution in [2.75, 3.05) is 36.0 Å². The van der Waals surface area contributed by atoms with E-state index in [9.17, 15) is 0 Å². The Balaban J connectivity index is 1.31. The third-order valence-corrected chi connectivity index (χ3v) is 7.39. The van der Waals surface area contributed by atoms with E-state index in [1.807, 2.05) is 12.3 Å². The maximum atomic E-state index is 5.97. The number of H-pyrrole nitrogens is 2.